The summed E-state index contributed by atoms with van der Waals surface area (Å²) in [6.45, 7) is 6.28. The molecular weight excluding hydrogens is 326 g/mol. The first-order valence-corrected chi connectivity index (χ1v) is 9.72. The molecule has 1 heterocycles. The monoisotopic (exact) mass is 349 g/mol. The maximum absolute atomic E-state index is 8.92. The minimum Gasteiger partial charge on any atom is -0.398 e. The highest BCUT2D eigenvalue weighted by molar-refractivity contribution is 7.98. The van der Waals surface area contributed by atoms with Gasteiger partial charge in [0.1, 0.15) is 0 Å². The van der Waals surface area contributed by atoms with Crippen molar-refractivity contribution in [3.05, 3.63) is 65.7 Å². The van der Waals surface area contributed by atoms with Gasteiger partial charge in [0.25, 0.3) is 0 Å². The molecule has 0 amide bonds. The van der Waals surface area contributed by atoms with Gasteiger partial charge in [0.15, 0.2) is 0 Å². The van der Waals surface area contributed by atoms with E-state index >= 15 is 0 Å². The van der Waals surface area contributed by atoms with Gasteiger partial charge in [0.05, 0.1) is 11.6 Å². The van der Waals surface area contributed by atoms with Crippen LogP contribution in [-0.2, 0) is 0 Å². The molecule has 4 heteroatoms. The molecule has 0 unspecified atom stereocenters. The van der Waals surface area contributed by atoms with E-state index in [4.69, 9.17) is 11.0 Å². The first-order valence-electron chi connectivity index (χ1n) is 8.50. The van der Waals surface area contributed by atoms with Gasteiger partial charge >= 0.3 is 0 Å². The van der Waals surface area contributed by atoms with Gasteiger partial charge < -0.3 is 10.6 Å². The van der Waals surface area contributed by atoms with Crippen molar-refractivity contribution in [2.75, 3.05) is 25.1 Å². The zero-order valence-corrected chi connectivity index (χ0v) is 15.4. The number of piperidine rings is 1. The van der Waals surface area contributed by atoms with E-state index in [1.165, 1.54) is 5.56 Å². The van der Waals surface area contributed by atoms with Crippen LogP contribution in [0.3, 0.4) is 0 Å². The number of nitrogens with two attached hydrogens (primary N) is 1. The van der Waals surface area contributed by atoms with Crippen LogP contribution in [0.15, 0.2) is 53.9 Å². The summed E-state index contributed by atoms with van der Waals surface area (Å²) in [5, 5.41) is 8.92. The Morgan fingerprint density at radius 1 is 1.20 bits per heavy atom. The Labute approximate surface area is 154 Å². The van der Waals surface area contributed by atoms with Gasteiger partial charge in [-0.1, -0.05) is 24.8 Å². The molecule has 0 bridgehead atoms. The lowest BCUT2D eigenvalue weighted by Crippen LogP contribution is -2.31. The van der Waals surface area contributed by atoms with E-state index in [9.17, 15) is 0 Å². The molecule has 1 fully saturated rings. The maximum Gasteiger partial charge on any atom is 0.0991 e. The van der Waals surface area contributed by atoms with E-state index in [1.54, 1.807) is 11.8 Å². The molecule has 3 nitrogen and oxygen atoms in total. The number of likely N-dealkylation sites (tertiary alicyclic amines) is 1. The molecule has 25 heavy (non-hydrogen) atoms. The molecule has 0 aromatic heterocycles. The molecule has 2 N–H and O–H groups in total. The molecule has 2 aromatic rings. The van der Waals surface area contributed by atoms with Gasteiger partial charge in [0, 0.05) is 29.4 Å². The lowest BCUT2D eigenvalue weighted by Gasteiger charge is -2.35. The molecule has 0 saturated carbocycles. The lowest BCUT2D eigenvalue weighted by atomic mass is 9.88. The van der Waals surface area contributed by atoms with Crippen molar-refractivity contribution >= 4 is 23.1 Å². The van der Waals surface area contributed by atoms with Crippen molar-refractivity contribution in [2.24, 2.45) is 0 Å². The molecule has 2 aromatic carbocycles. The molecule has 1 saturated heterocycles. The van der Waals surface area contributed by atoms with E-state index in [0.717, 1.165) is 53.3 Å². The minimum atomic E-state index is 0.556. The van der Waals surface area contributed by atoms with Gasteiger partial charge in [-0.05, 0) is 60.4 Å². The summed E-state index contributed by atoms with van der Waals surface area (Å²) in [4.78, 5) is 3.46. The molecule has 128 valence electrons. The van der Waals surface area contributed by atoms with Crippen molar-refractivity contribution in [1.29, 1.82) is 5.26 Å². The van der Waals surface area contributed by atoms with Gasteiger partial charge in [-0.2, -0.15) is 5.26 Å². The van der Waals surface area contributed by atoms with Crippen molar-refractivity contribution < 1.29 is 0 Å². The zero-order valence-electron chi connectivity index (χ0n) is 14.5. The van der Waals surface area contributed by atoms with Crippen LogP contribution in [0, 0.1) is 11.3 Å². The van der Waals surface area contributed by atoms with Crippen LogP contribution in [-0.4, -0.2) is 24.2 Å². The lowest BCUT2D eigenvalue weighted by molar-refractivity contribution is 0.299. The standard InChI is InChI=1S/C21H23N3S/c1-15(19-7-8-21(25-2)20(23)13-19)24-11-9-18(10-12-24)17-5-3-16(14-22)4-6-17/h3-8,13,18H,1,9-12,23H2,2H3. The quantitative estimate of drug-likeness (QED) is 0.641. The Hall–Kier alpha value is -2.38. The molecule has 3 rings (SSSR count). The topological polar surface area (TPSA) is 53.0 Å². The normalized spacial score (nSPS) is 15.0. The zero-order chi connectivity index (χ0) is 17.8. The van der Waals surface area contributed by atoms with Crippen LogP contribution in [0.2, 0.25) is 0 Å². The van der Waals surface area contributed by atoms with Crippen LogP contribution < -0.4 is 5.73 Å². The average molecular weight is 350 g/mol. The number of nitriles is 1. The van der Waals surface area contributed by atoms with Crippen LogP contribution in [0.4, 0.5) is 5.69 Å². The number of hydrogen-bond acceptors (Lipinski definition) is 4. The third-order valence-corrected chi connectivity index (χ3v) is 5.76. The van der Waals surface area contributed by atoms with Gasteiger partial charge in [0.2, 0.25) is 0 Å². The highest BCUT2D eigenvalue weighted by Gasteiger charge is 2.22. The van der Waals surface area contributed by atoms with Crippen LogP contribution in [0.1, 0.15) is 35.4 Å². The number of hydrogen-bond donors (Lipinski definition) is 1. The second-order valence-corrected chi connectivity index (χ2v) is 7.25. The summed E-state index contributed by atoms with van der Waals surface area (Å²) in [5.41, 5.74) is 11.1. The Kier molecular flexibility index (Phi) is 5.35. The Bertz CT molecular complexity index is 797. The number of thioether (sulfide) groups is 1. The third-order valence-electron chi connectivity index (χ3n) is 4.95. The summed E-state index contributed by atoms with van der Waals surface area (Å²) < 4.78 is 0. The van der Waals surface area contributed by atoms with Crippen molar-refractivity contribution in [3.8, 4) is 6.07 Å². The molecule has 0 aliphatic carbocycles. The Balaban J connectivity index is 1.64. The summed E-state index contributed by atoms with van der Waals surface area (Å²) in [6, 6.07) is 16.4. The van der Waals surface area contributed by atoms with Crippen LogP contribution >= 0.6 is 11.8 Å². The number of rotatable bonds is 4. The highest BCUT2D eigenvalue weighted by Crippen LogP contribution is 2.33. The second-order valence-electron chi connectivity index (χ2n) is 6.40. The SMILES string of the molecule is C=C(c1ccc(SC)c(N)c1)N1CCC(c2ccc(C#N)cc2)CC1. The molecule has 0 atom stereocenters. The predicted octanol–water partition coefficient (Wildman–Crippen LogP) is 4.71. The van der Waals surface area contributed by atoms with Crippen molar-refractivity contribution in [2.45, 2.75) is 23.7 Å². The molecule has 1 aliphatic heterocycles. The summed E-state index contributed by atoms with van der Waals surface area (Å²) >= 11 is 1.66. The highest BCUT2D eigenvalue weighted by atomic mass is 32.2. The largest absolute Gasteiger partial charge is 0.398 e. The summed E-state index contributed by atoms with van der Waals surface area (Å²) in [7, 11) is 0. The van der Waals surface area contributed by atoms with Gasteiger partial charge in [-0.25, -0.2) is 0 Å². The Morgan fingerprint density at radius 3 is 2.44 bits per heavy atom. The van der Waals surface area contributed by atoms with Gasteiger partial charge in [-0.3, -0.25) is 0 Å². The molecule has 0 spiro atoms. The fourth-order valence-corrected chi connectivity index (χ4v) is 3.91. The van der Waals surface area contributed by atoms with E-state index in [-0.39, 0.29) is 0 Å². The summed E-state index contributed by atoms with van der Waals surface area (Å²) in [6.07, 6.45) is 4.24. The van der Waals surface area contributed by atoms with Crippen LogP contribution in [0.25, 0.3) is 5.70 Å². The maximum atomic E-state index is 8.92. The predicted molar refractivity (Wildman–Crippen MR) is 106 cm³/mol. The van der Waals surface area contributed by atoms with Gasteiger partial charge in [-0.15, -0.1) is 11.8 Å². The number of anilines is 1. The first-order chi connectivity index (χ1) is 12.1. The van der Waals surface area contributed by atoms with Crippen LogP contribution in [0.5, 0.6) is 0 Å². The molecular formula is C21H23N3S. The number of nitrogen functional groups attached to an aromatic ring is 1. The number of benzene rings is 2. The third kappa shape index (κ3) is 3.83. The van der Waals surface area contributed by atoms with E-state index in [1.807, 2.05) is 24.5 Å². The van der Waals surface area contributed by atoms with Crippen molar-refractivity contribution in [3.63, 3.8) is 0 Å². The van der Waals surface area contributed by atoms with E-state index < -0.39 is 0 Å². The van der Waals surface area contributed by atoms with E-state index in [2.05, 4.69) is 41.8 Å². The smallest absolute Gasteiger partial charge is 0.0991 e. The fraction of sp³-hybridized carbons (Fsp3) is 0.286. The van der Waals surface area contributed by atoms with Crippen molar-refractivity contribution in [1.82, 2.24) is 4.90 Å². The number of nitrogens with zero attached hydrogens (tertiary/aromatic N) is 2. The average Bonchev–Trinajstić information content (AvgIpc) is 2.67. The Morgan fingerprint density at radius 2 is 1.88 bits per heavy atom. The minimum absolute atomic E-state index is 0.556. The first kappa shape index (κ1) is 17.4. The fourth-order valence-electron chi connectivity index (χ4n) is 3.41. The summed E-state index contributed by atoms with van der Waals surface area (Å²) in [5.74, 6) is 0.556. The van der Waals surface area contributed by atoms with E-state index in [0.29, 0.717) is 5.92 Å². The molecule has 1 aliphatic rings. The molecule has 0 radical (unpaired) electrons. The second kappa shape index (κ2) is 7.67.